The summed E-state index contributed by atoms with van der Waals surface area (Å²) in [6.07, 6.45) is 2.97. The van der Waals surface area contributed by atoms with Gasteiger partial charge in [0.25, 0.3) is 0 Å². The van der Waals surface area contributed by atoms with Gasteiger partial charge in [-0.3, -0.25) is 9.59 Å². The van der Waals surface area contributed by atoms with E-state index >= 15 is 0 Å². The number of hydrogen-bond donors (Lipinski definition) is 1. The van der Waals surface area contributed by atoms with E-state index in [-0.39, 0.29) is 17.7 Å². The lowest BCUT2D eigenvalue weighted by atomic mass is 10.1. The second-order valence-electron chi connectivity index (χ2n) is 5.46. The van der Waals surface area contributed by atoms with Crippen molar-refractivity contribution in [3.63, 3.8) is 0 Å². The van der Waals surface area contributed by atoms with Crippen molar-refractivity contribution in [2.75, 3.05) is 18.0 Å². The third-order valence-electron chi connectivity index (χ3n) is 3.69. The van der Waals surface area contributed by atoms with Crippen LogP contribution in [0.3, 0.4) is 0 Å². The van der Waals surface area contributed by atoms with Crippen LogP contribution in [0.4, 0.5) is 5.69 Å². The second-order valence-corrected chi connectivity index (χ2v) is 5.89. The van der Waals surface area contributed by atoms with Crippen LogP contribution in [0.1, 0.15) is 32.6 Å². The topological polar surface area (TPSA) is 49.4 Å². The van der Waals surface area contributed by atoms with Crippen LogP contribution in [0.5, 0.6) is 0 Å². The number of hydrogen-bond acceptors (Lipinski definition) is 2. The normalized spacial score (nSPS) is 18.1. The zero-order chi connectivity index (χ0) is 15.2. The van der Waals surface area contributed by atoms with E-state index in [1.807, 2.05) is 12.1 Å². The van der Waals surface area contributed by atoms with Crippen LogP contribution in [0.2, 0.25) is 5.02 Å². The van der Waals surface area contributed by atoms with Gasteiger partial charge in [0.15, 0.2) is 0 Å². The summed E-state index contributed by atoms with van der Waals surface area (Å²) in [6, 6.07) is 7.26. The van der Waals surface area contributed by atoms with Crippen molar-refractivity contribution in [1.29, 1.82) is 0 Å². The van der Waals surface area contributed by atoms with Gasteiger partial charge in [-0.25, -0.2) is 0 Å². The minimum atomic E-state index is 0.0780. The lowest BCUT2D eigenvalue weighted by Crippen LogP contribution is -2.31. The maximum atomic E-state index is 12.1. The minimum absolute atomic E-state index is 0.0780. The van der Waals surface area contributed by atoms with Gasteiger partial charge in [-0.1, -0.05) is 24.9 Å². The first kappa shape index (κ1) is 15.8. The standard InChI is InChI=1S/C16H21ClN2O2/c1-2-3-4-15(20)18-10-12-9-16(21)19(11-12)14-7-5-13(17)6-8-14/h5-8,12H,2-4,9-11H2,1H3,(H,18,20). The molecule has 1 aliphatic heterocycles. The largest absolute Gasteiger partial charge is 0.356 e. The fraction of sp³-hybridized carbons (Fsp3) is 0.500. The summed E-state index contributed by atoms with van der Waals surface area (Å²) < 4.78 is 0. The number of nitrogens with one attached hydrogen (secondary N) is 1. The highest BCUT2D eigenvalue weighted by Crippen LogP contribution is 2.25. The SMILES string of the molecule is CCCCC(=O)NCC1CC(=O)N(c2ccc(Cl)cc2)C1. The van der Waals surface area contributed by atoms with Gasteiger partial charge in [-0.05, 0) is 30.7 Å². The Hall–Kier alpha value is -1.55. The van der Waals surface area contributed by atoms with E-state index in [0.717, 1.165) is 18.5 Å². The molecule has 0 spiro atoms. The average molecular weight is 309 g/mol. The number of nitrogens with zero attached hydrogens (tertiary/aromatic N) is 1. The molecule has 1 aromatic rings. The van der Waals surface area contributed by atoms with Crippen LogP contribution in [-0.4, -0.2) is 24.9 Å². The van der Waals surface area contributed by atoms with Gasteiger partial charge >= 0.3 is 0 Å². The molecule has 2 amide bonds. The molecule has 5 heteroatoms. The van der Waals surface area contributed by atoms with Crippen LogP contribution < -0.4 is 10.2 Å². The maximum Gasteiger partial charge on any atom is 0.227 e. The fourth-order valence-electron chi connectivity index (χ4n) is 2.47. The first-order chi connectivity index (χ1) is 10.1. The number of rotatable bonds is 6. The van der Waals surface area contributed by atoms with Gasteiger partial charge in [0.05, 0.1) is 0 Å². The smallest absolute Gasteiger partial charge is 0.227 e. The van der Waals surface area contributed by atoms with Crippen molar-refractivity contribution in [3.05, 3.63) is 29.3 Å². The van der Waals surface area contributed by atoms with E-state index in [0.29, 0.717) is 31.0 Å². The van der Waals surface area contributed by atoms with Gasteiger partial charge in [0.2, 0.25) is 11.8 Å². The Morgan fingerprint density at radius 3 is 2.76 bits per heavy atom. The first-order valence-corrected chi connectivity index (χ1v) is 7.80. The van der Waals surface area contributed by atoms with E-state index in [1.54, 1.807) is 17.0 Å². The molecule has 1 saturated heterocycles. The Bertz CT molecular complexity index is 502. The van der Waals surface area contributed by atoms with Gasteiger partial charge in [0, 0.05) is 42.6 Å². The molecule has 1 N–H and O–H groups in total. The van der Waals surface area contributed by atoms with Crippen molar-refractivity contribution in [2.24, 2.45) is 5.92 Å². The molecular formula is C16H21ClN2O2. The molecule has 1 aromatic carbocycles. The molecule has 1 atom stereocenters. The van der Waals surface area contributed by atoms with Gasteiger partial charge in [0.1, 0.15) is 0 Å². The number of carbonyl (C=O) groups is 2. The number of benzene rings is 1. The predicted octanol–water partition coefficient (Wildman–Crippen LogP) is 3.00. The monoisotopic (exact) mass is 308 g/mol. The van der Waals surface area contributed by atoms with Gasteiger partial charge in [-0.15, -0.1) is 0 Å². The zero-order valence-corrected chi connectivity index (χ0v) is 13.0. The van der Waals surface area contributed by atoms with Crippen LogP contribution in [0.15, 0.2) is 24.3 Å². The fourth-order valence-corrected chi connectivity index (χ4v) is 2.60. The highest BCUT2D eigenvalue weighted by atomic mass is 35.5. The van der Waals surface area contributed by atoms with Crippen molar-refractivity contribution in [1.82, 2.24) is 5.32 Å². The maximum absolute atomic E-state index is 12.1. The van der Waals surface area contributed by atoms with E-state index in [1.165, 1.54) is 0 Å². The Morgan fingerprint density at radius 2 is 2.10 bits per heavy atom. The molecule has 114 valence electrons. The molecule has 4 nitrogen and oxygen atoms in total. The summed E-state index contributed by atoms with van der Waals surface area (Å²) in [5, 5.41) is 3.58. The molecular weight excluding hydrogens is 288 g/mol. The van der Waals surface area contributed by atoms with Crippen molar-refractivity contribution in [3.8, 4) is 0 Å². The second kappa shape index (κ2) is 7.46. The van der Waals surface area contributed by atoms with Crippen LogP contribution in [-0.2, 0) is 9.59 Å². The Balaban J connectivity index is 1.85. The van der Waals surface area contributed by atoms with Gasteiger partial charge in [-0.2, -0.15) is 0 Å². The Kier molecular flexibility index (Phi) is 5.62. The number of amides is 2. The van der Waals surface area contributed by atoms with Gasteiger partial charge < -0.3 is 10.2 Å². The van der Waals surface area contributed by atoms with Crippen LogP contribution >= 0.6 is 11.6 Å². The quantitative estimate of drug-likeness (QED) is 0.878. The van der Waals surface area contributed by atoms with E-state index < -0.39 is 0 Å². The number of unbranched alkanes of at least 4 members (excludes halogenated alkanes) is 1. The molecule has 1 heterocycles. The zero-order valence-electron chi connectivity index (χ0n) is 12.3. The molecule has 1 unspecified atom stereocenters. The van der Waals surface area contributed by atoms with E-state index in [9.17, 15) is 9.59 Å². The molecule has 2 rings (SSSR count). The number of halogens is 1. The third kappa shape index (κ3) is 4.46. The highest BCUT2D eigenvalue weighted by molar-refractivity contribution is 6.30. The molecule has 0 aromatic heterocycles. The summed E-state index contributed by atoms with van der Waals surface area (Å²) in [7, 11) is 0. The molecule has 0 aliphatic carbocycles. The number of carbonyl (C=O) groups excluding carboxylic acids is 2. The molecule has 0 saturated carbocycles. The first-order valence-electron chi connectivity index (χ1n) is 7.42. The predicted molar refractivity (Wildman–Crippen MR) is 84.4 cm³/mol. The summed E-state index contributed by atoms with van der Waals surface area (Å²) in [5.74, 6) is 0.359. The highest BCUT2D eigenvalue weighted by Gasteiger charge is 2.30. The van der Waals surface area contributed by atoms with E-state index in [2.05, 4.69) is 12.2 Å². The third-order valence-corrected chi connectivity index (χ3v) is 3.94. The van der Waals surface area contributed by atoms with Crippen LogP contribution in [0, 0.1) is 5.92 Å². The summed E-state index contributed by atoms with van der Waals surface area (Å²) >= 11 is 5.86. The lowest BCUT2D eigenvalue weighted by Gasteiger charge is -2.17. The summed E-state index contributed by atoms with van der Waals surface area (Å²) in [4.78, 5) is 25.4. The molecule has 1 fully saturated rings. The molecule has 1 aliphatic rings. The van der Waals surface area contributed by atoms with Crippen LogP contribution in [0.25, 0.3) is 0 Å². The van der Waals surface area contributed by atoms with Crippen molar-refractivity contribution >= 4 is 29.1 Å². The lowest BCUT2D eigenvalue weighted by molar-refractivity contribution is -0.121. The Labute approximate surface area is 130 Å². The summed E-state index contributed by atoms with van der Waals surface area (Å²) in [5.41, 5.74) is 0.865. The van der Waals surface area contributed by atoms with Crippen molar-refractivity contribution in [2.45, 2.75) is 32.6 Å². The van der Waals surface area contributed by atoms with E-state index in [4.69, 9.17) is 11.6 Å². The number of anilines is 1. The molecule has 21 heavy (non-hydrogen) atoms. The van der Waals surface area contributed by atoms with Crippen molar-refractivity contribution < 1.29 is 9.59 Å². The average Bonchev–Trinajstić information content (AvgIpc) is 2.85. The minimum Gasteiger partial charge on any atom is -0.356 e. The Morgan fingerprint density at radius 1 is 1.38 bits per heavy atom. The molecule has 0 bridgehead atoms. The summed E-state index contributed by atoms with van der Waals surface area (Å²) in [6.45, 7) is 3.28. The molecule has 0 radical (unpaired) electrons.